The van der Waals surface area contributed by atoms with Crippen LogP contribution in [0.4, 0.5) is 11.4 Å². The lowest BCUT2D eigenvalue weighted by molar-refractivity contribution is -1.00. The minimum Gasteiger partial charge on any atom is -0.372 e. The molecule has 3 aliphatic rings. The number of likely N-dealkylation sites (tertiary alicyclic amines) is 1. The predicted molar refractivity (Wildman–Crippen MR) is 123 cm³/mol. The van der Waals surface area contributed by atoms with E-state index in [-0.39, 0.29) is 5.91 Å². The van der Waals surface area contributed by atoms with Gasteiger partial charge in [-0.2, -0.15) is 0 Å². The fourth-order valence-corrected chi connectivity index (χ4v) is 5.12. The van der Waals surface area contributed by atoms with Crippen molar-refractivity contribution in [2.24, 2.45) is 0 Å². The molecule has 3 aliphatic heterocycles. The second kappa shape index (κ2) is 11.0. The van der Waals surface area contributed by atoms with Crippen molar-refractivity contribution in [1.82, 2.24) is 4.90 Å². The highest BCUT2D eigenvalue weighted by Gasteiger charge is 2.28. The summed E-state index contributed by atoms with van der Waals surface area (Å²) in [6.45, 7) is 9.07. The molecule has 0 spiro atoms. The van der Waals surface area contributed by atoms with Crippen molar-refractivity contribution in [2.45, 2.75) is 38.5 Å². The molecule has 1 aromatic carbocycles. The van der Waals surface area contributed by atoms with Gasteiger partial charge in [0.05, 0.1) is 0 Å². The molecule has 3 N–H and O–H groups in total. The summed E-state index contributed by atoms with van der Waals surface area (Å²) in [5, 5.41) is 3.07. The summed E-state index contributed by atoms with van der Waals surface area (Å²) in [6, 6.07) is 8.32. The second-order valence-corrected chi connectivity index (χ2v) is 9.44. The van der Waals surface area contributed by atoms with E-state index in [9.17, 15) is 9.59 Å². The van der Waals surface area contributed by atoms with Crippen LogP contribution in [0.15, 0.2) is 24.3 Å². The highest BCUT2D eigenvalue weighted by Crippen LogP contribution is 2.21. The monoisotopic (exact) mass is 429 g/mol. The number of piperazine rings is 1. The van der Waals surface area contributed by atoms with E-state index in [1.165, 1.54) is 41.2 Å². The number of rotatable bonds is 6. The third kappa shape index (κ3) is 6.43. The fraction of sp³-hybridized carbons (Fsp3) is 0.667. The van der Waals surface area contributed by atoms with Crippen molar-refractivity contribution < 1.29 is 19.4 Å². The molecule has 0 aromatic heterocycles. The number of quaternary nitrogens is 2. The number of amides is 2. The largest absolute Gasteiger partial charge is 0.372 e. The smallest absolute Gasteiger partial charge is 0.279 e. The number of hydrogen-bond donors (Lipinski definition) is 3. The van der Waals surface area contributed by atoms with Crippen LogP contribution in [-0.2, 0) is 9.59 Å². The molecule has 0 atom stereocenters. The van der Waals surface area contributed by atoms with Gasteiger partial charge in [0, 0.05) is 37.6 Å². The lowest BCUT2D eigenvalue weighted by Crippen LogP contribution is -3.28. The van der Waals surface area contributed by atoms with Crippen LogP contribution in [0.1, 0.15) is 38.5 Å². The fourth-order valence-electron chi connectivity index (χ4n) is 5.12. The summed E-state index contributed by atoms with van der Waals surface area (Å²) in [5.74, 6) is 0.381. The average Bonchev–Trinajstić information content (AvgIpc) is 3.19. The van der Waals surface area contributed by atoms with Crippen LogP contribution in [0, 0.1) is 0 Å². The van der Waals surface area contributed by atoms with Crippen LogP contribution in [0.2, 0.25) is 0 Å². The van der Waals surface area contributed by atoms with E-state index in [2.05, 4.69) is 22.3 Å². The first-order chi connectivity index (χ1) is 15.2. The first-order valence-electron chi connectivity index (χ1n) is 12.3. The first-order valence-corrected chi connectivity index (χ1v) is 12.3. The summed E-state index contributed by atoms with van der Waals surface area (Å²) in [5.41, 5.74) is 2.14. The molecule has 0 radical (unpaired) electrons. The zero-order valence-electron chi connectivity index (χ0n) is 18.8. The molecule has 2 amide bonds. The Morgan fingerprint density at radius 1 is 0.742 bits per heavy atom. The van der Waals surface area contributed by atoms with E-state index in [0.29, 0.717) is 19.0 Å². The van der Waals surface area contributed by atoms with E-state index in [4.69, 9.17) is 0 Å². The van der Waals surface area contributed by atoms with Gasteiger partial charge in [-0.25, -0.2) is 0 Å². The molecular formula is C24H39N5O2+2. The normalized spacial score (nSPS) is 24.6. The lowest BCUT2D eigenvalue weighted by Gasteiger charge is -2.30. The van der Waals surface area contributed by atoms with Crippen LogP contribution >= 0.6 is 0 Å². The standard InChI is InChI=1S/C24H37N5O2/c30-23(25-21-7-9-22(10-8-21)28-11-3-1-2-4-12-28)19-26-15-17-27(18-16-26)20-24(31)29-13-5-6-14-29/h7-10H,1-6,11-20H2,(H,25,30)/p+2. The summed E-state index contributed by atoms with van der Waals surface area (Å²) in [4.78, 5) is 32.0. The average molecular weight is 430 g/mol. The molecule has 1 aromatic rings. The van der Waals surface area contributed by atoms with E-state index >= 15 is 0 Å². The Balaban J connectivity index is 1.17. The Bertz CT molecular complexity index is 716. The molecule has 3 saturated heterocycles. The van der Waals surface area contributed by atoms with Gasteiger partial charge in [0.25, 0.3) is 11.8 Å². The van der Waals surface area contributed by atoms with Gasteiger partial charge in [-0.3, -0.25) is 9.59 Å². The molecule has 170 valence electrons. The molecule has 0 bridgehead atoms. The number of nitrogens with zero attached hydrogens (tertiary/aromatic N) is 2. The predicted octanol–water partition coefficient (Wildman–Crippen LogP) is -0.589. The lowest BCUT2D eigenvalue weighted by atomic mass is 10.2. The maximum atomic E-state index is 12.5. The van der Waals surface area contributed by atoms with Gasteiger partial charge in [0.15, 0.2) is 13.1 Å². The van der Waals surface area contributed by atoms with Crippen molar-refractivity contribution in [3.05, 3.63) is 24.3 Å². The van der Waals surface area contributed by atoms with Gasteiger partial charge < -0.3 is 24.9 Å². The molecule has 3 fully saturated rings. The summed E-state index contributed by atoms with van der Waals surface area (Å²) in [7, 11) is 0. The highest BCUT2D eigenvalue weighted by molar-refractivity contribution is 5.91. The quantitative estimate of drug-likeness (QED) is 0.567. The van der Waals surface area contributed by atoms with Crippen molar-refractivity contribution in [2.75, 3.05) is 75.7 Å². The molecular weight excluding hydrogens is 390 g/mol. The van der Waals surface area contributed by atoms with Crippen molar-refractivity contribution >= 4 is 23.2 Å². The highest BCUT2D eigenvalue weighted by atomic mass is 16.2. The first kappa shape index (κ1) is 22.1. The Labute approximate surface area is 186 Å². The summed E-state index contributed by atoms with van der Waals surface area (Å²) < 4.78 is 0. The van der Waals surface area contributed by atoms with Crippen molar-refractivity contribution in [3.8, 4) is 0 Å². The van der Waals surface area contributed by atoms with Gasteiger partial charge >= 0.3 is 0 Å². The number of carbonyl (C=O) groups is 2. The van der Waals surface area contributed by atoms with E-state index in [1.807, 2.05) is 17.0 Å². The van der Waals surface area contributed by atoms with E-state index < -0.39 is 0 Å². The maximum Gasteiger partial charge on any atom is 0.279 e. The van der Waals surface area contributed by atoms with Crippen molar-refractivity contribution in [1.29, 1.82) is 0 Å². The number of benzene rings is 1. The zero-order valence-corrected chi connectivity index (χ0v) is 18.8. The minimum absolute atomic E-state index is 0.0779. The molecule has 7 heteroatoms. The summed E-state index contributed by atoms with van der Waals surface area (Å²) >= 11 is 0. The van der Waals surface area contributed by atoms with Crippen LogP contribution in [0.25, 0.3) is 0 Å². The topological polar surface area (TPSA) is 61.5 Å². The second-order valence-electron chi connectivity index (χ2n) is 9.44. The van der Waals surface area contributed by atoms with E-state index in [1.54, 1.807) is 0 Å². The molecule has 4 rings (SSSR count). The van der Waals surface area contributed by atoms with Gasteiger partial charge in [0.2, 0.25) is 0 Å². The molecule has 0 unspecified atom stereocenters. The molecule has 7 nitrogen and oxygen atoms in total. The van der Waals surface area contributed by atoms with Crippen LogP contribution in [0.3, 0.4) is 0 Å². The third-order valence-corrected chi connectivity index (χ3v) is 7.06. The maximum absolute atomic E-state index is 12.5. The molecule has 31 heavy (non-hydrogen) atoms. The van der Waals surface area contributed by atoms with Crippen LogP contribution in [0.5, 0.6) is 0 Å². The van der Waals surface area contributed by atoms with Crippen molar-refractivity contribution in [3.63, 3.8) is 0 Å². The number of carbonyl (C=O) groups excluding carboxylic acids is 2. The van der Waals surface area contributed by atoms with Gasteiger partial charge in [0.1, 0.15) is 26.2 Å². The van der Waals surface area contributed by atoms with Gasteiger partial charge in [-0.1, -0.05) is 12.8 Å². The molecule has 3 heterocycles. The number of hydrogen-bond acceptors (Lipinski definition) is 3. The molecule has 0 aliphatic carbocycles. The van der Waals surface area contributed by atoms with Gasteiger partial charge in [-0.05, 0) is 49.9 Å². The zero-order chi connectivity index (χ0) is 21.5. The third-order valence-electron chi connectivity index (χ3n) is 7.06. The Kier molecular flexibility index (Phi) is 7.81. The number of anilines is 2. The van der Waals surface area contributed by atoms with Crippen LogP contribution in [-0.4, -0.2) is 82.2 Å². The Hall–Kier alpha value is -2.12. The summed E-state index contributed by atoms with van der Waals surface area (Å²) in [6.07, 6.45) is 7.49. The Morgan fingerprint density at radius 3 is 1.90 bits per heavy atom. The minimum atomic E-state index is 0.0779. The van der Waals surface area contributed by atoms with Crippen LogP contribution < -0.4 is 20.0 Å². The molecule has 0 saturated carbocycles. The SMILES string of the molecule is O=C(C[NH+]1CC[NH+](CC(=O)N2CCCC2)CC1)Nc1ccc(N2CCCCCC2)cc1. The Morgan fingerprint density at radius 2 is 1.29 bits per heavy atom. The number of nitrogens with one attached hydrogen (secondary N) is 3. The van der Waals surface area contributed by atoms with E-state index in [0.717, 1.165) is 70.9 Å². The van der Waals surface area contributed by atoms with Gasteiger partial charge in [-0.15, -0.1) is 0 Å².